The van der Waals surface area contributed by atoms with Gasteiger partial charge in [0.1, 0.15) is 16.9 Å². The van der Waals surface area contributed by atoms with Gasteiger partial charge in [0.25, 0.3) is 0 Å². The molecule has 5 nitrogen and oxygen atoms in total. The van der Waals surface area contributed by atoms with E-state index in [9.17, 15) is 0 Å². The van der Waals surface area contributed by atoms with Gasteiger partial charge < -0.3 is 15.4 Å². The topological polar surface area (TPSA) is 64.3 Å². The molecule has 1 aliphatic rings. The quantitative estimate of drug-likeness (QED) is 0.828. The van der Waals surface area contributed by atoms with Gasteiger partial charge in [0.2, 0.25) is 0 Å². The van der Waals surface area contributed by atoms with Gasteiger partial charge >= 0.3 is 0 Å². The molecule has 0 radical (unpaired) electrons. The van der Waals surface area contributed by atoms with Crippen molar-refractivity contribution in [2.45, 2.75) is 6.10 Å². The molecule has 1 unspecified atom stereocenters. The van der Waals surface area contributed by atoms with Crippen LogP contribution in [0, 0.1) is 0 Å². The van der Waals surface area contributed by atoms with Crippen molar-refractivity contribution in [2.75, 3.05) is 24.6 Å². The Balaban J connectivity index is 1.89. The van der Waals surface area contributed by atoms with Crippen LogP contribution in [0.2, 0.25) is 0 Å². The Morgan fingerprint density at radius 1 is 1.37 bits per heavy atom. The van der Waals surface area contributed by atoms with Crippen molar-refractivity contribution >= 4 is 34.1 Å². The van der Waals surface area contributed by atoms with Gasteiger partial charge in [-0.1, -0.05) is 24.4 Å². The Morgan fingerprint density at radius 2 is 2.16 bits per heavy atom. The van der Waals surface area contributed by atoms with Crippen LogP contribution >= 0.6 is 12.2 Å². The van der Waals surface area contributed by atoms with Crippen LogP contribution in [-0.4, -0.2) is 40.8 Å². The van der Waals surface area contributed by atoms with Crippen molar-refractivity contribution in [3.8, 4) is 0 Å². The second-order valence-electron chi connectivity index (χ2n) is 4.42. The summed E-state index contributed by atoms with van der Waals surface area (Å²) in [6.07, 6.45) is 1.57. The standard InChI is InChI=1S/C13H14N4OS/c14-13(19)11-8-17(5-6-18-11)12-7-15-9-3-1-2-4-10(9)16-12/h1-4,7,11H,5-6,8H2,(H2,14,19). The first kappa shape index (κ1) is 12.3. The van der Waals surface area contributed by atoms with Gasteiger partial charge in [0.05, 0.1) is 30.4 Å². The van der Waals surface area contributed by atoms with Crippen molar-refractivity contribution in [3.63, 3.8) is 0 Å². The van der Waals surface area contributed by atoms with Crippen molar-refractivity contribution in [3.05, 3.63) is 30.5 Å². The number of anilines is 1. The Morgan fingerprint density at radius 3 is 2.95 bits per heavy atom. The van der Waals surface area contributed by atoms with Gasteiger partial charge in [0, 0.05) is 6.54 Å². The average molecular weight is 274 g/mol. The highest BCUT2D eigenvalue weighted by molar-refractivity contribution is 7.80. The molecule has 98 valence electrons. The van der Waals surface area contributed by atoms with E-state index in [1.807, 2.05) is 24.3 Å². The van der Waals surface area contributed by atoms with E-state index in [1.54, 1.807) is 6.20 Å². The fourth-order valence-corrected chi connectivity index (χ4v) is 2.27. The number of fused-ring (bicyclic) bond motifs is 1. The molecule has 0 bridgehead atoms. The number of rotatable bonds is 2. The summed E-state index contributed by atoms with van der Waals surface area (Å²) < 4.78 is 5.52. The molecule has 1 aromatic heterocycles. The zero-order valence-electron chi connectivity index (χ0n) is 10.3. The van der Waals surface area contributed by atoms with Crippen LogP contribution < -0.4 is 10.6 Å². The lowest BCUT2D eigenvalue weighted by Gasteiger charge is -2.33. The van der Waals surface area contributed by atoms with Gasteiger partial charge in [-0.25, -0.2) is 4.98 Å². The number of thiocarbonyl (C=S) groups is 1. The van der Waals surface area contributed by atoms with E-state index in [-0.39, 0.29) is 6.10 Å². The summed E-state index contributed by atoms with van der Waals surface area (Å²) in [4.78, 5) is 11.5. The maximum Gasteiger partial charge on any atom is 0.148 e. The third-order valence-corrected chi connectivity index (χ3v) is 3.41. The van der Waals surface area contributed by atoms with Crippen molar-refractivity contribution in [2.24, 2.45) is 5.73 Å². The van der Waals surface area contributed by atoms with E-state index in [2.05, 4.69) is 14.9 Å². The number of para-hydroxylation sites is 2. The number of aromatic nitrogens is 2. The zero-order chi connectivity index (χ0) is 13.2. The van der Waals surface area contributed by atoms with Crippen molar-refractivity contribution in [1.82, 2.24) is 9.97 Å². The predicted molar refractivity (Wildman–Crippen MR) is 78.3 cm³/mol. The summed E-state index contributed by atoms with van der Waals surface area (Å²) in [6.45, 7) is 1.99. The molecule has 2 heterocycles. The van der Waals surface area contributed by atoms with Crippen LogP contribution in [0.25, 0.3) is 11.0 Å². The molecule has 1 aromatic carbocycles. The van der Waals surface area contributed by atoms with Gasteiger partial charge in [-0.2, -0.15) is 0 Å². The third kappa shape index (κ3) is 2.50. The van der Waals surface area contributed by atoms with Crippen LogP contribution in [0.1, 0.15) is 0 Å². The third-order valence-electron chi connectivity index (χ3n) is 3.14. The lowest BCUT2D eigenvalue weighted by molar-refractivity contribution is 0.0844. The van der Waals surface area contributed by atoms with E-state index < -0.39 is 0 Å². The normalized spacial score (nSPS) is 19.6. The van der Waals surface area contributed by atoms with E-state index in [0.717, 1.165) is 23.4 Å². The first-order valence-electron chi connectivity index (χ1n) is 6.12. The van der Waals surface area contributed by atoms with Gasteiger partial charge in [0.15, 0.2) is 0 Å². The molecule has 0 amide bonds. The number of benzene rings is 1. The van der Waals surface area contributed by atoms with Crippen LogP contribution in [0.4, 0.5) is 5.82 Å². The summed E-state index contributed by atoms with van der Waals surface area (Å²) in [5, 5.41) is 0. The highest BCUT2D eigenvalue weighted by Gasteiger charge is 2.23. The molecule has 1 atom stereocenters. The molecule has 6 heteroatoms. The minimum absolute atomic E-state index is 0.211. The van der Waals surface area contributed by atoms with E-state index in [1.165, 1.54) is 0 Å². The molecule has 19 heavy (non-hydrogen) atoms. The SMILES string of the molecule is NC(=S)C1CN(c2cnc3ccccc3n2)CCO1. The average Bonchev–Trinajstić information content (AvgIpc) is 2.47. The van der Waals surface area contributed by atoms with Gasteiger partial charge in [-0.15, -0.1) is 0 Å². The molecule has 0 spiro atoms. The molecule has 2 aromatic rings. The molecular weight excluding hydrogens is 260 g/mol. The van der Waals surface area contributed by atoms with Crippen molar-refractivity contribution in [1.29, 1.82) is 0 Å². The molecule has 1 aliphatic heterocycles. The summed E-state index contributed by atoms with van der Waals surface area (Å²) in [7, 11) is 0. The maximum atomic E-state index is 5.64. The zero-order valence-corrected chi connectivity index (χ0v) is 11.1. The Bertz CT molecular complexity index is 618. The summed E-state index contributed by atoms with van der Waals surface area (Å²) in [6, 6.07) is 7.81. The molecule has 1 saturated heterocycles. The molecule has 1 fully saturated rings. The van der Waals surface area contributed by atoms with Crippen molar-refractivity contribution < 1.29 is 4.74 Å². The fourth-order valence-electron chi connectivity index (χ4n) is 2.13. The van der Waals surface area contributed by atoms with Gasteiger partial charge in [-0.05, 0) is 12.1 Å². The summed E-state index contributed by atoms with van der Waals surface area (Å²) in [5.74, 6) is 0.836. The lowest BCUT2D eigenvalue weighted by atomic mass is 10.2. The second-order valence-corrected chi connectivity index (χ2v) is 4.90. The highest BCUT2D eigenvalue weighted by Crippen LogP contribution is 2.18. The van der Waals surface area contributed by atoms with Gasteiger partial charge in [-0.3, -0.25) is 4.98 Å². The van der Waals surface area contributed by atoms with E-state index in [4.69, 9.17) is 22.7 Å². The molecule has 3 rings (SSSR count). The number of hydrogen-bond donors (Lipinski definition) is 1. The number of hydrogen-bond acceptors (Lipinski definition) is 5. The number of nitrogens with zero attached hydrogens (tertiary/aromatic N) is 3. The number of nitrogens with two attached hydrogens (primary N) is 1. The first-order chi connectivity index (χ1) is 9.24. The Kier molecular flexibility index (Phi) is 3.27. The summed E-state index contributed by atoms with van der Waals surface area (Å²) in [5.41, 5.74) is 7.42. The first-order valence-corrected chi connectivity index (χ1v) is 6.52. The number of morpholine rings is 1. The monoisotopic (exact) mass is 274 g/mol. The van der Waals surface area contributed by atoms with Crippen LogP contribution in [-0.2, 0) is 4.74 Å². The molecule has 0 saturated carbocycles. The summed E-state index contributed by atoms with van der Waals surface area (Å²) >= 11 is 4.99. The highest BCUT2D eigenvalue weighted by atomic mass is 32.1. The smallest absolute Gasteiger partial charge is 0.148 e. The second kappa shape index (κ2) is 5.07. The minimum atomic E-state index is -0.211. The Hall–Kier alpha value is -1.79. The maximum absolute atomic E-state index is 5.64. The molecular formula is C13H14N4OS. The largest absolute Gasteiger partial charge is 0.391 e. The molecule has 2 N–H and O–H groups in total. The van der Waals surface area contributed by atoms with Crippen LogP contribution in [0.5, 0.6) is 0 Å². The Labute approximate surface area is 116 Å². The number of ether oxygens (including phenoxy) is 1. The minimum Gasteiger partial charge on any atom is -0.391 e. The lowest BCUT2D eigenvalue weighted by Crippen LogP contribution is -2.48. The van der Waals surface area contributed by atoms with E-state index in [0.29, 0.717) is 18.1 Å². The van der Waals surface area contributed by atoms with Crippen LogP contribution in [0.3, 0.4) is 0 Å². The van der Waals surface area contributed by atoms with E-state index >= 15 is 0 Å². The molecule has 0 aliphatic carbocycles. The van der Waals surface area contributed by atoms with Crippen LogP contribution in [0.15, 0.2) is 30.5 Å². The fraction of sp³-hybridized carbons (Fsp3) is 0.308. The predicted octanol–water partition coefficient (Wildman–Crippen LogP) is 1.12.